The van der Waals surface area contributed by atoms with E-state index in [1.165, 1.54) is 17.2 Å². The molecule has 0 N–H and O–H groups in total. The summed E-state index contributed by atoms with van der Waals surface area (Å²) in [5.74, 6) is 8.82. The summed E-state index contributed by atoms with van der Waals surface area (Å²) < 4.78 is 0. The molecular weight excluding hydrogens is 294 g/mol. The minimum absolute atomic E-state index is 1.06. The van der Waals surface area contributed by atoms with E-state index >= 15 is 0 Å². The molecule has 0 saturated carbocycles. The van der Waals surface area contributed by atoms with Gasteiger partial charge in [-0.1, -0.05) is 51.6 Å². The molecule has 0 aliphatic carbocycles. The fraction of sp³-hybridized carbons (Fsp3) is 0.222. The Hall–Kier alpha value is -1.50. The van der Waals surface area contributed by atoms with Gasteiger partial charge in [0.15, 0.2) is 0 Å². The Balaban J connectivity index is 1.71. The lowest BCUT2D eigenvalue weighted by atomic mass is 10.1. The van der Waals surface area contributed by atoms with Crippen LogP contribution in [0.15, 0.2) is 54.6 Å². The van der Waals surface area contributed by atoms with Gasteiger partial charge in [-0.05, 0) is 36.4 Å². The van der Waals surface area contributed by atoms with Crippen LogP contribution in [0.2, 0.25) is 0 Å². The van der Waals surface area contributed by atoms with E-state index in [1.54, 1.807) is 0 Å². The molecule has 1 aliphatic rings. The van der Waals surface area contributed by atoms with Crippen molar-refractivity contribution in [2.45, 2.75) is 0 Å². The molecular formula is C18H17NS2. The lowest BCUT2D eigenvalue weighted by Gasteiger charge is -2.21. The predicted molar refractivity (Wildman–Crippen MR) is 96.0 cm³/mol. The Morgan fingerprint density at radius 2 is 1.29 bits per heavy atom. The Kier molecular flexibility index (Phi) is 5.15. The zero-order chi connectivity index (χ0) is 14.3. The Bertz CT molecular complexity index is 618. The molecule has 0 unspecified atom stereocenters. The zero-order valence-electron chi connectivity index (χ0n) is 11.8. The third kappa shape index (κ3) is 4.23. The fourth-order valence-electron chi connectivity index (χ4n) is 2.20. The molecule has 0 aromatic heterocycles. The maximum atomic E-state index is 3.23. The van der Waals surface area contributed by atoms with Crippen LogP contribution in [0.1, 0.15) is 11.1 Å². The van der Waals surface area contributed by atoms with Crippen molar-refractivity contribution in [3.05, 3.63) is 65.7 Å². The van der Waals surface area contributed by atoms with Crippen molar-refractivity contribution in [1.29, 1.82) is 0 Å². The number of hydrogen-bond donors (Lipinski definition) is 0. The summed E-state index contributed by atoms with van der Waals surface area (Å²) in [5.41, 5.74) is 3.44. The van der Waals surface area contributed by atoms with E-state index in [0.717, 1.165) is 24.2 Å². The monoisotopic (exact) mass is 311 g/mol. The van der Waals surface area contributed by atoms with E-state index in [-0.39, 0.29) is 0 Å². The first kappa shape index (κ1) is 14.4. The molecule has 2 aromatic rings. The smallest absolute Gasteiger partial charge is 0.0367 e. The van der Waals surface area contributed by atoms with Crippen LogP contribution >= 0.6 is 21.6 Å². The van der Waals surface area contributed by atoms with Crippen molar-refractivity contribution < 1.29 is 0 Å². The second-order valence-corrected chi connectivity index (χ2v) is 7.50. The molecule has 0 spiro atoms. The van der Waals surface area contributed by atoms with E-state index in [1.807, 2.05) is 51.9 Å². The molecule has 2 aromatic carbocycles. The molecule has 1 saturated heterocycles. The van der Waals surface area contributed by atoms with Gasteiger partial charge in [0.2, 0.25) is 0 Å². The molecule has 3 rings (SSSR count). The molecule has 0 bridgehead atoms. The van der Waals surface area contributed by atoms with Crippen LogP contribution in [0.25, 0.3) is 0 Å². The number of benzene rings is 2. The summed E-state index contributed by atoms with van der Waals surface area (Å²) in [6, 6.07) is 18.7. The van der Waals surface area contributed by atoms with Crippen LogP contribution in [0, 0.1) is 11.8 Å². The summed E-state index contributed by atoms with van der Waals surface area (Å²) in [6.07, 6.45) is 0. The van der Waals surface area contributed by atoms with Crippen LogP contribution in [-0.4, -0.2) is 24.6 Å². The molecule has 106 valence electrons. The van der Waals surface area contributed by atoms with Crippen molar-refractivity contribution in [2.24, 2.45) is 0 Å². The molecule has 0 atom stereocenters. The summed E-state index contributed by atoms with van der Waals surface area (Å²) in [4.78, 5) is 2.46. The molecule has 21 heavy (non-hydrogen) atoms. The van der Waals surface area contributed by atoms with E-state index < -0.39 is 0 Å². The van der Waals surface area contributed by atoms with E-state index in [2.05, 4.69) is 41.0 Å². The molecule has 1 nitrogen and oxygen atoms in total. The topological polar surface area (TPSA) is 3.24 Å². The Labute approximate surface area is 134 Å². The average Bonchev–Trinajstić information content (AvgIpc) is 2.84. The first-order valence-electron chi connectivity index (χ1n) is 7.08. The Morgan fingerprint density at radius 3 is 1.90 bits per heavy atom. The molecule has 1 heterocycles. The first-order chi connectivity index (χ1) is 10.4. The van der Waals surface area contributed by atoms with Gasteiger partial charge in [-0.15, -0.1) is 0 Å². The van der Waals surface area contributed by atoms with Gasteiger partial charge < -0.3 is 4.90 Å². The molecule has 1 fully saturated rings. The summed E-state index contributed by atoms with van der Waals surface area (Å²) in [6.45, 7) is 2.26. The maximum Gasteiger partial charge on any atom is 0.0367 e. The Morgan fingerprint density at radius 1 is 0.714 bits per heavy atom. The zero-order valence-corrected chi connectivity index (χ0v) is 13.4. The number of anilines is 1. The lowest BCUT2D eigenvalue weighted by Crippen LogP contribution is -2.26. The highest BCUT2D eigenvalue weighted by atomic mass is 33.1. The summed E-state index contributed by atoms with van der Waals surface area (Å²) in [7, 11) is 3.95. The van der Waals surface area contributed by atoms with Crippen molar-refractivity contribution in [3.8, 4) is 11.8 Å². The highest BCUT2D eigenvalue weighted by Gasteiger charge is 2.09. The largest absolute Gasteiger partial charge is 0.370 e. The minimum Gasteiger partial charge on any atom is -0.370 e. The van der Waals surface area contributed by atoms with Crippen LogP contribution in [0.5, 0.6) is 0 Å². The highest BCUT2D eigenvalue weighted by Crippen LogP contribution is 2.26. The predicted octanol–water partition coefficient (Wildman–Crippen LogP) is 4.29. The van der Waals surface area contributed by atoms with Gasteiger partial charge in [-0.25, -0.2) is 0 Å². The standard InChI is InChI=1S/C18H17NS2/c1-2-4-16(5-3-1)6-7-17-8-10-18(11-9-17)19-12-14-20-21-15-13-19/h1-5,8-11H,12-15H2. The third-order valence-electron chi connectivity index (χ3n) is 3.33. The van der Waals surface area contributed by atoms with E-state index in [9.17, 15) is 0 Å². The van der Waals surface area contributed by atoms with Crippen LogP contribution in [-0.2, 0) is 0 Å². The van der Waals surface area contributed by atoms with E-state index in [0.29, 0.717) is 0 Å². The van der Waals surface area contributed by atoms with Gasteiger partial charge in [0, 0.05) is 41.4 Å². The molecule has 3 heteroatoms. The molecule has 0 amide bonds. The second kappa shape index (κ2) is 7.49. The number of nitrogens with zero attached hydrogens (tertiary/aromatic N) is 1. The first-order valence-corrected chi connectivity index (χ1v) is 9.57. The average molecular weight is 311 g/mol. The molecule has 0 radical (unpaired) electrons. The van der Waals surface area contributed by atoms with Crippen molar-refractivity contribution in [2.75, 3.05) is 29.5 Å². The van der Waals surface area contributed by atoms with E-state index in [4.69, 9.17) is 0 Å². The van der Waals surface area contributed by atoms with Crippen LogP contribution in [0.3, 0.4) is 0 Å². The van der Waals surface area contributed by atoms with Gasteiger partial charge in [0.25, 0.3) is 0 Å². The number of rotatable bonds is 1. The minimum atomic E-state index is 1.06. The van der Waals surface area contributed by atoms with Gasteiger partial charge in [-0.3, -0.25) is 0 Å². The van der Waals surface area contributed by atoms with Crippen LogP contribution in [0.4, 0.5) is 5.69 Å². The summed E-state index contributed by atoms with van der Waals surface area (Å²) >= 11 is 0. The fourth-order valence-corrected chi connectivity index (χ4v) is 4.18. The van der Waals surface area contributed by atoms with Crippen molar-refractivity contribution >= 4 is 27.3 Å². The second-order valence-electron chi connectivity index (χ2n) is 4.79. The quantitative estimate of drug-likeness (QED) is 0.571. The number of hydrogen-bond acceptors (Lipinski definition) is 3. The van der Waals surface area contributed by atoms with Gasteiger partial charge in [0.1, 0.15) is 0 Å². The maximum absolute atomic E-state index is 3.23. The molecule has 1 aliphatic heterocycles. The SMILES string of the molecule is C(#Cc1ccc(N2CCSSCC2)cc1)c1ccccc1. The van der Waals surface area contributed by atoms with Crippen molar-refractivity contribution in [1.82, 2.24) is 0 Å². The highest BCUT2D eigenvalue weighted by molar-refractivity contribution is 8.76. The van der Waals surface area contributed by atoms with Gasteiger partial charge >= 0.3 is 0 Å². The lowest BCUT2D eigenvalue weighted by molar-refractivity contribution is 0.884. The van der Waals surface area contributed by atoms with Crippen molar-refractivity contribution in [3.63, 3.8) is 0 Å². The van der Waals surface area contributed by atoms with Crippen LogP contribution < -0.4 is 4.90 Å². The normalized spacial score (nSPS) is 15.0. The van der Waals surface area contributed by atoms with Gasteiger partial charge in [0.05, 0.1) is 0 Å². The summed E-state index contributed by atoms with van der Waals surface area (Å²) in [5, 5.41) is 0. The van der Waals surface area contributed by atoms with Gasteiger partial charge in [-0.2, -0.15) is 0 Å². The third-order valence-corrected chi connectivity index (χ3v) is 5.69.